The predicted molar refractivity (Wildman–Crippen MR) is 61.0 cm³/mol. The van der Waals surface area contributed by atoms with E-state index in [9.17, 15) is 0 Å². The zero-order valence-corrected chi connectivity index (χ0v) is 9.96. The van der Waals surface area contributed by atoms with Crippen LogP contribution in [-0.4, -0.2) is 27.7 Å². The van der Waals surface area contributed by atoms with Gasteiger partial charge in [-0.1, -0.05) is 18.2 Å². The lowest BCUT2D eigenvalue weighted by Gasteiger charge is -2.22. The van der Waals surface area contributed by atoms with Crippen LogP contribution in [0.5, 0.6) is 0 Å². The lowest BCUT2D eigenvalue weighted by atomic mass is 10.1. The fourth-order valence-corrected chi connectivity index (χ4v) is 3.35. The van der Waals surface area contributed by atoms with Crippen molar-refractivity contribution in [2.24, 2.45) is 0 Å². The molecule has 0 bridgehead atoms. The highest BCUT2D eigenvalue weighted by Crippen LogP contribution is 2.22. The molecule has 0 aliphatic carbocycles. The Morgan fingerprint density at radius 2 is 2.50 bits per heavy atom. The van der Waals surface area contributed by atoms with E-state index < -0.39 is 0 Å². The van der Waals surface area contributed by atoms with Crippen LogP contribution >= 0.6 is 23.3 Å². The Labute approximate surface area is 92.9 Å². The number of aryl methyl sites for hydroxylation is 1. The van der Waals surface area contributed by atoms with E-state index in [-0.39, 0.29) is 0 Å². The van der Waals surface area contributed by atoms with Crippen molar-refractivity contribution in [1.29, 1.82) is 0 Å². The van der Waals surface area contributed by atoms with Gasteiger partial charge in [0.1, 0.15) is 5.82 Å². The van der Waals surface area contributed by atoms with Crippen LogP contribution in [-0.2, 0) is 0 Å². The van der Waals surface area contributed by atoms with Crippen molar-refractivity contribution >= 4 is 23.3 Å². The van der Waals surface area contributed by atoms with Gasteiger partial charge in [0, 0.05) is 11.8 Å². The molecule has 1 saturated heterocycles. The van der Waals surface area contributed by atoms with Gasteiger partial charge < -0.3 is 5.32 Å². The lowest BCUT2D eigenvalue weighted by Crippen LogP contribution is -2.35. The third kappa shape index (κ3) is 2.93. The van der Waals surface area contributed by atoms with Gasteiger partial charge in [-0.2, -0.15) is 4.37 Å². The number of nitrogens with one attached hydrogen (secondary N) is 1. The summed E-state index contributed by atoms with van der Waals surface area (Å²) < 4.78 is 5.28. The maximum Gasteiger partial charge on any atom is 0.170 e. The Bertz CT molecular complexity index is 281. The molecule has 0 aromatic carbocycles. The van der Waals surface area contributed by atoms with E-state index in [0.29, 0.717) is 6.04 Å². The number of hydrogen-bond donors (Lipinski definition) is 1. The van der Waals surface area contributed by atoms with Gasteiger partial charge in [0.05, 0.1) is 0 Å². The number of piperidine rings is 1. The van der Waals surface area contributed by atoms with Crippen molar-refractivity contribution < 1.29 is 0 Å². The minimum atomic E-state index is 0.679. The van der Waals surface area contributed by atoms with Crippen molar-refractivity contribution in [3.05, 3.63) is 5.82 Å². The maximum absolute atomic E-state index is 4.34. The first-order chi connectivity index (χ1) is 6.84. The molecular formula is C9H15N3S2. The van der Waals surface area contributed by atoms with Gasteiger partial charge in [0.15, 0.2) is 4.34 Å². The molecule has 1 unspecified atom stereocenters. The third-order valence-corrected chi connectivity index (χ3v) is 4.42. The fourth-order valence-electron chi connectivity index (χ4n) is 1.57. The molecule has 3 nitrogen and oxygen atoms in total. The highest BCUT2D eigenvalue weighted by atomic mass is 32.2. The SMILES string of the molecule is Cc1nsc(SCC2CCCCN2)n1. The Morgan fingerprint density at radius 3 is 3.14 bits per heavy atom. The van der Waals surface area contributed by atoms with Crippen molar-refractivity contribution in [2.75, 3.05) is 12.3 Å². The molecule has 1 fully saturated rings. The molecule has 14 heavy (non-hydrogen) atoms. The van der Waals surface area contributed by atoms with Crippen LogP contribution in [0.1, 0.15) is 25.1 Å². The van der Waals surface area contributed by atoms with Crippen LogP contribution in [0.3, 0.4) is 0 Å². The summed E-state index contributed by atoms with van der Waals surface area (Å²) in [4.78, 5) is 4.34. The zero-order valence-electron chi connectivity index (χ0n) is 8.32. The molecule has 1 aromatic rings. The summed E-state index contributed by atoms with van der Waals surface area (Å²) >= 11 is 3.34. The lowest BCUT2D eigenvalue weighted by molar-refractivity contribution is 0.430. The van der Waals surface area contributed by atoms with Crippen molar-refractivity contribution in [2.45, 2.75) is 36.6 Å². The Kier molecular flexibility index (Phi) is 3.78. The molecule has 2 rings (SSSR count). The average molecular weight is 229 g/mol. The molecule has 1 aromatic heterocycles. The van der Waals surface area contributed by atoms with Crippen LogP contribution < -0.4 is 5.32 Å². The molecule has 1 atom stereocenters. The highest BCUT2D eigenvalue weighted by Gasteiger charge is 2.13. The van der Waals surface area contributed by atoms with Crippen LogP contribution in [0.2, 0.25) is 0 Å². The number of nitrogens with zero attached hydrogens (tertiary/aromatic N) is 2. The predicted octanol–water partition coefficient (Wildman–Crippen LogP) is 2.08. The minimum Gasteiger partial charge on any atom is -0.313 e. The summed E-state index contributed by atoms with van der Waals surface area (Å²) in [5.41, 5.74) is 0. The topological polar surface area (TPSA) is 37.8 Å². The zero-order chi connectivity index (χ0) is 9.80. The van der Waals surface area contributed by atoms with E-state index in [1.165, 1.54) is 37.3 Å². The number of hydrogen-bond acceptors (Lipinski definition) is 5. The summed E-state index contributed by atoms with van der Waals surface area (Å²) in [6, 6.07) is 0.679. The van der Waals surface area contributed by atoms with Crippen LogP contribution in [0.25, 0.3) is 0 Å². The molecular weight excluding hydrogens is 214 g/mol. The highest BCUT2D eigenvalue weighted by molar-refractivity contribution is 8.00. The normalized spacial score (nSPS) is 22.5. The van der Waals surface area contributed by atoms with E-state index in [1.807, 2.05) is 18.7 Å². The smallest absolute Gasteiger partial charge is 0.170 e. The molecule has 0 saturated carbocycles. The summed E-state index contributed by atoms with van der Waals surface area (Å²) in [5.74, 6) is 2.03. The first-order valence-electron chi connectivity index (χ1n) is 5.01. The molecule has 0 amide bonds. The number of thioether (sulfide) groups is 1. The standard InChI is InChI=1S/C9H15N3S2/c1-7-11-9(14-12-7)13-6-8-4-2-3-5-10-8/h8,10H,2-6H2,1H3. The monoisotopic (exact) mass is 229 g/mol. The van der Waals surface area contributed by atoms with E-state index in [1.54, 1.807) is 0 Å². The summed E-state index contributed by atoms with van der Waals surface area (Å²) in [7, 11) is 0. The summed E-state index contributed by atoms with van der Waals surface area (Å²) in [6.07, 6.45) is 4.01. The molecule has 2 heterocycles. The summed E-state index contributed by atoms with van der Waals surface area (Å²) in [5, 5.41) is 3.53. The fraction of sp³-hybridized carbons (Fsp3) is 0.778. The van der Waals surface area contributed by atoms with Gasteiger partial charge in [0.25, 0.3) is 0 Å². The molecule has 5 heteroatoms. The van der Waals surface area contributed by atoms with E-state index >= 15 is 0 Å². The van der Waals surface area contributed by atoms with Crippen LogP contribution in [0, 0.1) is 6.92 Å². The average Bonchev–Trinajstić information content (AvgIpc) is 2.63. The first-order valence-corrected chi connectivity index (χ1v) is 6.77. The van der Waals surface area contributed by atoms with Crippen molar-refractivity contribution in [3.8, 4) is 0 Å². The molecule has 0 radical (unpaired) electrons. The largest absolute Gasteiger partial charge is 0.313 e. The Morgan fingerprint density at radius 1 is 1.57 bits per heavy atom. The van der Waals surface area contributed by atoms with Gasteiger partial charge >= 0.3 is 0 Å². The molecule has 1 aliphatic heterocycles. The van der Waals surface area contributed by atoms with E-state index in [4.69, 9.17) is 0 Å². The van der Waals surface area contributed by atoms with Crippen LogP contribution in [0.4, 0.5) is 0 Å². The second kappa shape index (κ2) is 5.09. The second-order valence-corrected chi connectivity index (χ2v) is 5.58. The van der Waals surface area contributed by atoms with Gasteiger partial charge in [-0.15, -0.1) is 0 Å². The molecule has 1 aliphatic rings. The van der Waals surface area contributed by atoms with E-state index in [2.05, 4.69) is 14.7 Å². The summed E-state index contributed by atoms with van der Waals surface area (Å²) in [6.45, 7) is 3.12. The van der Waals surface area contributed by atoms with Gasteiger partial charge in [-0.05, 0) is 37.8 Å². The first kappa shape index (κ1) is 10.4. The second-order valence-electron chi connectivity index (χ2n) is 3.57. The molecule has 78 valence electrons. The molecule has 1 N–H and O–H groups in total. The quantitative estimate of drug-likeness (QED) is 0.805. The minimum absolute atomic E-state index is 0.679. The Balaban J connectivity index is 1.76. The number of rotatable bonds is 3. The van der Waals surface area contributed by atoms with Crippen molar-refractivity contribution in [3.63, 3.8) is 0 Å². The van der Waals surface area contributed by atoms with Gasteiger partial charge in [0.2, 0.25) is 0 Å². The van der Waals surface area contributed by atoms with Crippen LogP contribution in [0.15, 0.2) is 4.34 Å². The van der Waals surface area contributed by atoms with Crippen molar-refractivity contribution in [1.82, 2.24) is 14.7 Å². The van der Waals surface area contributed by atoms with Gasteiger partial charge in [-0.3, -0.25) is 0 Å². The third-order valence-electron chi connectivity index (χ3n) is 2.33. The number of aromatic nitrogens is 2. The maximum atomic E-state index is 4.34. The van der Waals surface area contributed by atoms with Gasteiger partial charge in [-0.25, -0.2) is 4.98 Å². The van der Waals surface area contributed by atoms with E-state index in [0.717, 1.165) is 15.9 Å². The Hall–Kier alpha value is -0.130. The molecule has 0 spiro atoms.